The number of alkyl halides is 3. The topological polar surface area (TPSA) is 91.2 Å². The number of methoxy groups -OCH3 is 1. The largest absolute Gasteiger partial charge is 0.464 e. The number of halogens is 5. The van der Waals surface area contributed by atoms with Gasteiger partial charge in [0.05, 0.1) is 34.8 Å². The summed E-state index contributed by atoms with van der Waals surface area (Å²) in [4.78, 5) is 15.6. The predicted molar refractivity (Wildman–Crippen MR) is 84.9 cm³/mol. The van der Waals surface area contributed by atoms with E-state index in [0.29, 0.717) is 6.07 Å². The summed E-state index contributed by atoms with van der Waals surface area (Å²) >= 11 is 11.6. The van der Waals surface area contributed by atoms with Crippen LogP contribution < -0.4 is 11.5 Å². The summed E-state index contributed by atoms with van der Waals surface area (Å²) in [5.41, 5.74) is 8.92. The van der Waals surface area contributed by atoms with Crippen molar-refractivity contribution in [2.24, 2.45) is 0 Å². The SMILES string of the molecule is COC(=O)c1nc(-c2cc(Cl)cc(C(F)(F)F)c2N)cc(N)c1Cl. The molecule has 5 nitrogen and oxygen atoms in total. The van der Waals surface area contributed by atoms with Gasteiger partial charge in [-0.15, -0.1) is 0 Å². The second-order valence-electron chi connectivity index (χ2n) is 4.66. The summed E-state index contributed by atoms with van der Waals surface area (Å²) in [5, 5.41) is -0.385. The maximum absolute atomic E-state index is 13.1. The van der Waals surface area contributed by atoms with E-state index in [1.807, 2.05) is 0 Å². The Kier molecular flexibility index (Phi) is 4.82. The van der Waals surface area contributed by atoms with Crippen LogP contribution >= 0.6 is 23.2 Å². The molecule has 24 heavy (non-hydrogen) atoms. The van der Waals surface area contributed by atoms with Gasteiger partial charge in [-0.1, -0.05) is 23.2 Å². The molecular formula is C14H10Cl2F3N3O2. The molecule has 0 aliphatic heterocycles. The van der Waals surface area contributed by atoms with Crippen LogP contribution in [0.3, 0.4) is 0 Å². The van der Waals surface area contributed by atoms with E-state index in [2.05, 4.69) is 9.72 Å². The number of carbonyl (C=O) groups excluding carboxylic acids is 1. The quantitative estimate of drug-likeness (QED) is 0.607. The molecule has 0 bridgehead atoms. The summed E-state index contributed by atoms with van der Waals surface area (Å²) in [6.45, 7) is 0. The summed E-state index contributed by atoms with van der Waals surface area (Å²) in [7, 11) is 1.10. The molecule has 0 atom stereocenters. The summed E-state index contributed by atoms with van der Waals surface area (Å²) < 4.78 is 43.7. The standard InChI is InChI=1S/C14H10Cl2F3N3O2/c1-24-13(23)12-10(16)8(20)4-9(22-12)6-2-5(15)3-7(11(6)21)14(17,18)19/h2-4H,21H2,1H3,(H2,20,22). The van der Waals surface area contributed by atoms with Gasteiger partial charge < -0.3 is 16.2 Å². The van der Waals surface area contributed by atoms with E-state index in [-0.39, 0.29) is 32.7 Å². The number of ether oxygens (including phenoxy) is 1. The van der Waals surface area contributed by atoms with Gasteiger partial charge in [-0.2, -0.15) is 13.2 Å². The van der Waals surface area contributed by atoms with Crippen LogP contribution in [0, 0.1) is 0 Å². The predicted octanol–water partition coefficient (Wildman–Crippen LogP) is 4.03. The van der Waals surface area contributed by atoms with Crippen molar-refractivity contribution in [3.05, 3.63) is 39.5 Å². The minimum absolute atomic E-state index is 0.0741. The normalized spacial score (nSPS) is 11.4. The number of rotatable bonds is 2. The Bertz CT molecular complexity index is 826. The average molecular weight is 380 g/mol. The zero-order valence-electron chi connectivity index (χ0n) is 12.0. The molecular weight excluding hydrogens is 370 g/mol. The van der Waals surface area contributed by atoms with Crippen molar-refractivity contribution < 1.29 is 22.7 Å². The number of hydrogen-bond donors (Lipinski definition) is 2. The zero-order valence-corrected chi connectivity index (χ0v) is 13.6. The Morgan fingerprint density at radius 2 is 1.83 bits per heavy atom. The molecule has 0 unspecified atom stereocenters. The van der Waals surface area contributed by atoms with E-state index >= 15 is 0 Å². The fraction of sp³-hybridized carbons (Fsp3) is 0.143. The molecule has 1 heterocycles. The lowest BCUT2D eigenvalue weighted by atomic mass is 10.0. The van der Waals surface area contributed by atoms with Gasteiger partial charge in [-0.25, -0.2) is 9.78 Å². The number of nitrogen functional groups attached to an aromatic ring is 2. The van der Waals surface area contributed by atoms with Crippen LogP contribution in [0.2, 0.25) is 10.0 Å². The molecule has 128 valence electrons. The molecule has 1 aromatic heterocycles. The number of esters is 1. The van der Waals surface area contributed by atoms with Crippen LogP contribution in [0.4, 0.5) is 24.5 Å². The van der Waals surface area contributed by atoms with Crippen molar-refractivity contribution >= 4 is 40.5 Å². The Morgan fingerprint density at radius 3 is 2.38 bits per heavy atom. The van der Waals surface area contributed by atoms with E-state index in [0.717, 1.165) is 7.11 Å². The Hall–Kier alpha value is -2.19. The summed E-state index contributed by atoms with van der Waals surface area (Å²) in [6.07, 6.45) is -4.72. The van der Waals surface area contributed by atoms with Gasteiger partial charge in [-0.3, -0.25) is 0 Å². The van der Waals surface area contributed by atoms with Gasteiger partial charge in [0.1, 0.15) is 0 Å². The molecule has 10 heteroatoms. The number of nitrogens with two attached hydrogens (primary N) is 2. The van der Waals surface area contributed by atoms with Crippen molar-refractivity contribution in [3.63, 3.8) is 0 Å². The highest BCUT2D eigenvalue weighted by atomic mass is 35.5. The highest BCUT2D eigenvalue weighted by molar-refractivity contribution is 6.35. The van der Waals surface area contributed by atoms with Gasteiger partial charge in [-0.05, 0) is 18.2 Å². The number of carbonyl (C=O) groups is 1. The first-order chi connectivity index (χ1) is 11.1. The fourth-order valence-electron chi connectivity index (χ4n) is 1.98. The van der Waals surface area contributed by atoms with Gasteiger partial charge in [0, 0.05) is 10.6 Å². The molecule has 0 aliphatic carbocycles. The molecule has 0 radical (unpaired) electrons. The number of hydrogen-bond acceptors (Lipinski definition) is 5. The van der Waals surface area contributed by atoms with Crippen molar-refractivity contribution in [2.75, 3.05) is 18.6 Å². The molecule has 0 saturated carbocycles. The lowest BCUT2D eigenvalue weighted by molar-refractivity contribution is -0.136. The van der Waals surface area contributed by atoms with Crippen LogP contribution in [-0.4, -0.2) is 18.1 Å². The third-order valence-corrected chi connectivity index (χ3v) is 3.71. The second-order valence-corrected chi connectivity index (χ2v) is 5.48. The van der Waals surface area contributed by atoms with Crippen LogP contribution in [0.5, 0.6) is 0 Å². The van der Waals surface area contributed by atoms with E-state index < -0.39 is 23.4 Å². The van der Waals surface area contributed by atoms with Crippen molar-refractivity contribution in [3.8, 4) is 11.3 Å². The first-order valence-electron chi connectivity index (χ1n) is 6.27. The number of nitrogens with zero attached hydrogens (tertiary/aromatic N) is 1. The molecule has 2 rings (SSSR count). The van der Waals surface area contributed by atoms with Crippen molar-refractivity contribution in [1.29, 1.82) is 0 Å². The Labute approximate surface area is 144 Å². The minimum atomic E-state index is -4.72. The number of pyridine rings is 1. The van der Waals surface area contributed by atoms with Crippen molar-refractivity contribution in [1.82, 2.24) is 4.98 Å². The van der Waals surface area contributed by atoms with Crippen LogP contribution in [0.25, 0.3) is 11.3 Å². The maximum Gasteiger partial charge on any atom is 0.418 e. The Morgan fingerprint density at radius 1 is 1.21 bits per heavy atom. The van der Waals surface area contributed by atoms with Gasteiger partial charge in [0.2, 0.25) is 0 Å². The minimum Gasteiger partial charge on any atom is -0.464 e. The third kappa shape index (κ3) is 3.34. The summed E-state index contributed by atoms with van der Waals surface area (Å²) in [5.74, 6) is -0.898. The number of benzene rings is 1. The second kappa shape index (κ2) is 6.37. The van der Waals surface area contributed by atoms with Gasteiger partial charge in [0.25, 0.3) is 0 Å². The van der Waals surface area contributed by atoms with Crippen molar-refractivity contribution in [2.45, 2.75) is 6.18 Å². The Balaban J connectivity index is 2.76. The monoisotopic (exact) mass is 379 g/mol. The third-order valence-electron chi connectivity index (χ3n) is 3.09. The molecule has 1 aromatic carbocycles. The molecule has 0 spiro atoms. The highest BCUT2D eigenvalue weighted by Gasteiger charge is 2.34. The highest BCUT2D eigenvalue weighted by Crippen LogP contribution is 2.41. The molecule has 0 fully saturated rings. The van der Waals surface area contributed by atoms with Crippen LogP contribution in [0.15, 0.2) is 18.2 Å². The lowest BCUT2D eigenvalue weighted by Gasteiger charge is -2.15. The van der Waals surface area contributed by atoms with E-state index in [4.69, 9.17) is 34.7 Å². The van der Waals surface area contributed by atoms with E-state index in [1.54, 1.807) is 0 Å². The first kappa shape index (κ1) is 18.2. The van der Waals surface area contributed by atoms with E-state index in [1.165, 1.54) is 12.1 Å². The zero-order chi connectivity index (χ0) is 18.2. The summed E-state index contributed by atoms with van der Waals surface area (Å²) in [6, 6.07) is 3.07. The maximum atomic E-state index is 13.1. The number of aromatic nitrogens is 1. The molecule has 2 aromatic rings. The first-order valence-corrected chi connectivity index (χ1v) is 7.02. The smallest absolute Gasteiger partial charge is 0.418 e. The van der Waals surface area contributed by atoms with Gasteiger partial charge in [0.15, 0.2) is 5.69 Å². The van der Waals surface area contributed by atoms with Crippen LogP contribution in [0.1, 0.15) is 16.1 Å². The molecule has 0 saturated heterocycles. The average Bonchev–Trinajstić information content (AvgIpc) is 2.50. The van der Waals surface area contributed by atoms with E-state index in [9.17, 15) is 18.0 Å². The van der Waals surface area contributed by atoms with Crippen LogP contribution in [-0.2, 0) is 10.9 Å². The van der Waals surface area contributed by atoms with Gasteiger partial charge >= 0.3 is 12.1 Å². The molecule has 0 amide bonds. The fourth-order valence-corrected chi connectivity index (χ4v) is 2.38. The molecule has 0 aliphatic rings. The molecule has 4 N–H and O–H groups in total. The number of anilines is 2. The lowest BCUT2D eigenvalue weighted by Crippen LogP contribution is -2.11.